The van der Waals surface area contributed by atoms with Gasteiger partial charge in [-0.1, -0.05) is 79.2 Å². The zero-order chi connectivity index (χ0) is 28.0. The van der Waals surface area contributed by atoms with Crippen molar-refractivity contribution in [3.63, 3.8) is 0 Å². The van der Waals surface area contributed by atoms with Gasteiger partial charge in [0.05, 0.1) is 23.4 Å². The molecule has 0 atom stereocenters. The van der Waals surface area contributed by atoms with Crippen LogP contribution in [0.25, 0.3) is 11.3 Å². The Kier molecular flexibility index (Phi) is 7.92. The minimum atomic E-state index is -0.180. The Morgan fingerprint density at radius 2 is 1.41 bits per heavy atom. The van der Waals surface area contributed by atoms with Crippen LogP contribution < -0.4 is 16.0 Å². The van der Waals surface area contributed by atoms with Crippen molar-refractivity contribution >= 4 is 40.1 Å². The van der Waals surface area contributed by atoms with Gasteiger partial charge in [0.25, 0.3) is 5.91 Å². The molecule has 0 aliphatic carbocycles. The number of nitrogens with zero attached hydrogens (tertiary/aromatic N) is 1. The minimum absolute atomic E-state index is 0.105. The van der Waals surface area contributed by atoms with E-state index in [1.54, 1.807) is 0 Å². The molecule has 0 radical (unpaired) electrons. The van der Waals surface area contributed by atoms with Crippen LogP contribution in [-0.4, -0.2) is 29.8 Å². The molecule has 3 N–H and O–H groups in total. The monoisotopic (exact) mass is 542 g/mol. The van der Waals surface area contributed by atoms with E-state index in [0.717, 1.165) is 47.7 Å². The number of carbonyl (C=O) groups is 2. The molecule has 4 aromatic rings. The molecule has 0 spiro atoms. The number of piperidine rings is 1. The van der Waals surface area contributed by atoms with Gasteiger partial charge in [0, 0.05) is 23.5 Å². The number of nitrogens with one attached hydrogen (secondary N) is 3. The van der Waals surface area contributed by atoms with E-state index >= 15 is 0 Å². The van der Waals surface area contributed by atoms with Crippen LogP contribution in [-0.2, 0) is 22.6 Å². The summed E-state index contributed by atoms with van der Waals surface area (Å²) in [6, 6.07) is 33.6. The summed E-state index contributed by atoms with van der Waals surface area (Å²) in [6.07, 6.45) is 4.17. The maximum absolute atomic E-state index is 13.4. The third kappa shape index (κ3) is 6.39. The van der Waals surface area contributed by atoms with Gasteiger partial charge in [-0.3, -0.25) is 14.5 Å². The van der Waals surface area contributed by atoms with Crippen LogP contribution in [0, 0.1) is 0 Å². The quantitative estimate of drug-likeness (QED) is 0.215. The van der Waals surface area contributed by atoms with E-state index in [1.165, 1.54) is 24.8 Å². The van der Waals surface area contributed by atoms with Crippen molar-refractivity contribution in [2.45, 2.75) is 32.2 Å². The largest absolute Gasteiger partial charge is 0.354 e. The lowest BCUT2D eigenvalue weighted by molar-refractivity contribution is -0.115. The Hall–Kier alpha value is -4.68. The van der Waals surface area contributed by atoms with Gasteiger partial charge in [0.2, 0.25) is 5.91 Å². The van der Waals surface area contributed by atoms with E-state index in [2.05, 4.69) is 45.1 Å². The van der Waals surface area contributed by atoms with Crippen molar-refractivity contribution in [2.75, 3.05) is 29.0 Å². The van der Waals surface area contributed by atoms with Crippen molar-refractivity contribution in [3.8, 4) is 0 Å². The lowest BCUT2D eigenvalue weighted by Gasteiger charge is -2.26. The molecule has 0 saturated carbocycles. The number of benzene rings is 4. The minimum Gasteiger partial charge on any atom is -0.354 e. The highest BCUT2D eigenvalue weighted by molar-refractivity contribution is 6.37. The third-order valence-electron chi connectivity index (χ3n) is 7.65. The van der Waals surface area contributed by atoms with E-state index < -0.39 is 0 Å². The Labute approximate surface area is 241 Å². The Morgan fingerprint density at radius 3 is 2.15 bits per heavy atom. The second-order valence-electron chi connectivity index (χ2n) is 10.7. The molecule has 0 bridgehead atoms. The molecule has 2 aliphatic rings. The fourth-order valence-electron chi connectivity index (χ4n) is 5.58. The molecule has 6 rings (SSSR count). The van der Waals surface area contributed by atoms with Gasteiger partial charge in [-0.15, -0.1) is 0 Å². The van der Waals surface area contributed by atoms with Crippen LogP contribution in [0.2, 0.25) is 0 Å². The van der Waals surface area contributed by atoms with Crippen LogP contribution in [0.3, 0.4) is 0 Å². The molecule has 0 aromatic heterocycles. The molecule has 2 heterocycles. The SMILES string of the molecule is O=C(Cc1ccccc1)Nc1ccc2c(c1)NC(=O)/C2=C(\Nc1ccc(CN2CCCCC2)cc1)c1ccccc1. The molecule has 1 fully saturated rings. The summed E-state index contributed by atoms with van der Waals surface area (Å²) in [5.74, 6) is -0.285. The second kappa shape index (κ2) is 12.2. The smallest absolute Gasteiger partial charge is 0.258 e. The van der Waals surface area contributed by atoms with E-state index in [0.29, 0.717) is 16.9 Å². The van der Waals surface area contributed by atoms with Crippen molar-refractivity contribution in [1.29, 1.82) is 0 Å². The summed E-state index contributed by atoms with van der Waals surface area (Å²) >= 11 is 0. The zero-order valence-corrected chi connectivity index (χ0v) is 23.0. The van der Waals surface area contributed by atoms with Gasteiger partial charge in [0.15, 0.2) is 0 Å². The second-order valence-corrected chi connectivity index (χ2v) is 10.7. The Bertz CT molecular complexity index is 1560. The Morgan fingerprint density at radius 1 is 0.732 bits per heavy atom. The zero-order valence-electron chi connectivity index (χ0n) is 23.0. The van der Waals surface area contributed by atoms with Crippen LogP contribution in [0.4, 0.5) is 17.1 Å². The van der Waals surface area contributed by atoms with E-state index in [-0.39, 0.29) is 18.2 Å². The van der Waals surface area contributed by atoms with Crippen LogP contribution in [0.1, 0.15) is 41.5 Å². The van der Waals surface area contributed by atoms with Crippen molar-refractivity contribution in [1.82, 2.24) is 4.90 Å². The summed E-state index contributed by atoms with van der Waals surface area (Å²) in [5, 5.41) is 9.52. The first-order chi connectivity index (χ1) is 20.1. The van der Waals surface area contributed by atoms with Crippen LogP contribution in [0.15, 0.2) is 103 Å². The predicted molar refractivity (Wildman–Crippen MR) is 166 cm³/mol. The van der Waals surface area contributed by atoms with Crippen molar-refractivity contribution in [2.24, 2.45) is 0 Å². The third-order valence-corrected chi connectivity index (χ3v) is 7.65. The maximum Gasteiger partial charge on any atom is 0.258 e. The molecule has 2 amide bonds. The molecule has 1 saturated heterocycles. The molecule has 41 heavy (non-hydrogen) atoms. The highest BCUT2D eigenvalue weighted by Crippen LogP contribution is 2.39. The number of hydrogen-bond acceptors (Lipinski definition) is 4. The topological polar surface area (TPSA) is 73.5 Å². The fourth-order valence-corrected chi connectivity index (χ4v) is 5.58. The summed E-state index contributed by atoms with van der Waals surface area (Å²) in [4.78, 5) is 28.5. The molecular formula is C35H34N4O2. The molecule has 2 aliphatic heterocycles. The van der Waals surface area contributed by atoms with E-state index in [1.807, 2.05) is 78.9 Å². The summed E-state index contributed by atoms with van der Waals surface area (Å²) < 4.78 is 0. The first-order valence-electron chi connectivity index (χ1n) is 14.3. The highest BCUT2D eigenvalue weighted by atomic mass is 16.2. The number of rotatable bonds is 8. The standard InChI is InChI=1S/C35H34N4O2/c40-32(22-25-10-4-1-5-11-25)36-29-18-19-30-31(23-29)38-35(41)33(30)34(27-12-6-2-7-13-27)37-28-16-14-26(15-17-28)24-39-20-8-3-9-21-39/h1-2,4-7,10-19,23,37H,3,8-9,20-22,24H2,(H,36,40)(H,38,41)/b34-33-. The number of carbonyl (C=O) groups excluding carboxylic acids is 2. The normalized spacial score (nSPS) is 16.0. The van der Waals surface area contributed by atoms with Gasteiger partial charge < -0.3 is 16.0 Å². The Balaban J connectivity index is 1.25. The number of likely N-dealkylation sites (tertiary alicyclic amines) is 1. The van der Waals surface area contributed by atoms with Gasteiger partial charge in [-0.25, -0.2) is 0 Å². The molecule has 4 aromatic carbocycles. The summed E-state index contributed by atoms with van der Waals surface area (Å²) in [7, 11) is 0. The molecule has 0 unspecified atom stereocenters. The fraction of sp³-hybridized carbons (Fsp3) is 0.200. The average Bonchev–Trinajstić information content (AvgIpc) is 3.32. The molecule has 6 nitrogen and oxygen atoms in total. The molecule has 6 heteroatoms. The van der Waals surface area contributed by atoms with Gasteiger partial charge >= 0.3 is 0 Å². The highest BCUT2D eigenvalue weighted by Gasteiger charge is 2.29. The van der Waals surface area contributed by atoms with Crippen molar-refractivity contribution < 1.29 is 9.59 Å². The predicted octanol–water partition coefficient (Wildman–Crippen LogP) is 6.79. The number of fused-ring (bicyclic) bond motifs is 1. The average molecular weight is 543 g/mol. The van der Waals surface area contributed by atoms with Gasteiger partial charge in [-0.05, 0) is 73.0 Å². The van der Waals surface area contributed by atoms with Crippen LogP contribution >= 0.6 is 0 Å². The molecular weight excluding hydrogens is 508 g/mol. The molecule has 206 valence electrons. The van der Waals surface area contributed by atoms with Gasteiger partial charge in [-0.2, -0.15) is 0 Å². The van der Waals surface area contributed by atoms with E-state index in [9.17, 15) is 9.59 Å². The first kappa shape index (κ1) is 26.5. The maximum atomic E-state index is 13.4. The van der Waals surface area contributed by atoms with Gasteiger partial charge in [0.1, 0.15) is 0 Å². The van der Waals surface area contributed by atoms with Crippen LogP contribution in [0.5, 0.6) is 0 Å². The van der Waals surface area contributed by atoms with E-state index in [4.69, 9.17) is 0 Å². The summed E-state index contributed by atoms with van der Waals surface area (Å²) in [5.41, 5.74) is 7.51. The number of hydrogen-bond donors (Lipinski definition) is 3. The number of amides is 2. The lowest BCUT2D eigenvalue weighted by atomic mass is 9.99. The first-order valence-corrected chi connectivity index (χ1v) is 14.3. The number of anilines is 3. The summed E-state index contributed by atoms with van der Waals surface area (Å²) in [6.45, 7) is 3.29. The van der Waals surface area contributed by atoms with Crippen molar-refractivity contribution in [3.05, 3.63) is 125 Å². The lowest BCUT2D eigenvalue weighted by Crippen LogP contribution is -2.29.